The molecule has 2 unspecified atom stereocenters. The SMILES string of the molecule is CC(NC1CC(C)(C)Oc2ccccc21)c1nncn1C. The first-order chi connectivity index (χ1) is 9.96. The number of benzene rings is 1. The third-order valence-corrected chi connectivity index (χ3v) is 3.96. The Labute approximate surface area is 125 Å². The van der Waals surface area contributed by atoms with E-state index >= 15 is 0 Å². The van der Waals surface area contributed by atoms with Crippen LogP contribution in [0.1, 0.15) is 50.7 Å². The summed E-state index contributed by atoms with van der Waals surface area (Å²) in [5.41, 5.74) is 1.04. The van der Waals surface area contributed by atoms with Crippen molar-refractivity contribution in [3.63, 3.8) is 0 Å². The molecular weight excluding hydrogens is 264 g/mol. The zero-order valence-electron chi connectivity index (χ0n) is 13.0. The Kier molecular flexibility index (Phi) is 3.45. The highest BCUT2D eigenvalue weighted by molar-refractivity contribution is 5.38. The van der Waals surface area contributed by atoms with Gasteiger partial charge in [0.15, 0.2) is 0 Å². The summed E-state index contributed by atoms with van der Waals surface area (Å²) in [6, 6.07) is 8.62. The molecule has 5 nitrogen and oxygen atoms in total. The quantitative estimate of drug-likeness (QED) is 0.942. The van der Waals surface area contributed by atoms with Crippen LogP contribution in [0.3, 0.4) is 0 Å². The first kappa shape index (κ1) is 14.1. The fraction of sp³-hybridized carbons (Fsp3) is 0.500. The standard InChI is InChI=1S/C16H22N4O/c1-11(15-19-17-10-20(15)4)18-13-9-16(2,3)21-14-8-6-5-7-12(13)14/h5-8,10-11,13,18H,9H2,1-4H3. The van der Waals surface area contributed by atoms with E-state index in [4.69, 9.17) is 4.74 Å². The number of ether oxygens (including phenoxy) is 1. The molecule has 0 spiro atoms. The number of hydrogen-bond donors (Lipinski definition) is 1. The van der Waals surface area contributed by atoms with Crippen LogP contribution in [-0.2, 0) is 7.05 Å². The molecule has 0 aliphatic carbocycles. The van der Waals surface area contributed by atoms with Crippen molar-refractivity contribution in [2.24, 2.45) is 7.05 Å². The number of hydrogen-bond acceptors (Lipinski definition) is 4. The number of para-hydroxylation sites is 1. The molecule has 1 aliphatic heterocycles. The molecule has 0 saturated heterocycles. The number of nitrogens with zero attached hydrogens (tertiary/aromatic N) is 3. The highest BCUT2D eigenvalue weighted by Crippen LogP contribution is 2.40. The molecule has 112 valence electrons. The molecular formula is C16H22N4O. The van der Waals surface area contributed by atoms with Gasteiger partial charge in [0.25, 0.3) is 0 Å². The molecule has 2 heterocycles. The second kappa shape index (κ2) is 5.15. The van der Waals surface area contributed by atoms with E-state index in [1.54, 1.807) is 6.33 Å². The van der Waals surface area contributed by atoms with Crippen molar-refractivity contribution in [1.29, 1.82) is 0 Å². The maximum absolute atomic E-state index is 6.07. The third kappa shape index (κ3) is 2.78. The zero-order chi connectivity index (χ0) is 15.0. The summed E-state index contributed by atoms with van der Waals surface area (Å²) in [6.45, 7) is 6.38. The van der Waals surface area contributed by atoms with Gasteiger partial charge in [-0.2, -0.15) is 0 Å². The third-order valence-electron chi connectivity index (χ3n) is 3.96. The summed E-state index contributed by atoms with van der Waals surface area (Å²) in [4.78, 5) is 0. The largest absolute Gasteiger partial charge is 0.487 e. The highest BCUT2D eigenvalue weighted by Gasteiger charge is 2.34. The number of nitrogens with one attached hydrogen (secondary N) is 1. The van der Waals surface area contributed by atoms with Crippen molar-refractivity contribution < 1.29 is 4.74 Å². The van der Waals surface area contributed by atoms with Crippen LogP contribution in [0.2, 0.25) is 0 Å². The molecule has 2 aromatic rings. The Morgan fingerprint density at radius 3 is 2.86 bits per heavy atom. The summed E-state index contributed by atoms with van der Waals surface area (Å²) in [5, 5.41) is 11.8. The Balaban J connectivity index is 1.86. The average molecular weight is 286 g/mol. The molecule has 5 heteroatoms. The molecule has 2 atom stereocenters. The molecule has 1 aromatic carbocycles. The first-order valence-electron chi connectivity index (χ1n) is 7.34. The van der Waals surface area contributed by atoms with Crippen molar-refractivity contribution >= 4 is 0 Å². The highest BCUT2D eigenvalue weighted by atomic mass is 16.5. The lowest BCUT2D eigenvalue weighted by Crippen LogP contribution is -2.40. The second-order valence-electron chi connectivity index (χ2n) is 6.34. The van der Waals surface area contributed by atoms with Gasteiger partial charge in [-0.25, -0.2) is 0 Å². The van der Waals surface area contributed by atoms with Gasteiger partial charge in [0.2, 0.25) is 0 Å². The summed E-state index contributed by atoms with van der Waals surface area (Å²) in [5.74, 6) is 1.91. The van der Waals surface area contributed by atoms with Gasteiger partial charge in [0.1, 0.15) is 23.5 Å². The van der Waals surface area contributed by atoms with Crippen LogP contribution < -0.4 is 10.1 Å². The van der Waals surface area contributed by atoms with E-state index in [0.717, 1.165) is 18.0 Å². The average Bonchev–Trinajstić information content (AvgIpc) is 2.83. The van der Waals surface area contributed by atoms with Crippen LogP contribution in [0.25, 0.3) is 0 Å². The van der Waals surface area contributed by atoms with E-state index < -0.39 is 0 Å². The van der Waals surface area contributed by atoms with Crippen LogP contribution in [0.4, 0.5) is 0 Å². The molecule has 0 bridgehead atoms. The van der Waals surface area contributed by atoms with Gasteiger partial charge >= 0.3 is 0 Å². The van der Waals surface area contributed by atoms with E-state index in [0.29, 0.717) is 0 Å². The molecule has 21 heavy (non-hydrogen) atoms. The maximum atomic E-state index is 6.07. The number of aryl methyl sites for hydroxylation is 1. The summed E-state index contributed by atoms with van der Waals surface area (Å²) < 4.78 is 8.02. The fourth-order valence-corrected chi connectivity index (χ4v) is 3.01. The van der Waals surface area contributed by atoms with Gasteiger partial charge in [-0.15, -0.1) is 10.2 Å². The molecule has 0 amide bonds. The maximum Gasteiger partial charge on any atom is 0.149 e. The lowest BCUT2D eigenvalue weighted by molar-refractivity contribution is 0.0637. The van der Waals surface area contributed by atoms with E-state index in [-0.39, 0.29) is 17.7 Å². The van der Waals surface area contributed by atoms with Gasteiger partial charge in [-0.3, -0.25) is 0 Å². The Bertz CT molecular complexity index is 635. The van der Waals surface area contributed by atoms with Gasteiger partial charge in [-0.05, 0) is 26.8 Å². The summed E-state index contributed by atoms with van der Waals surface area (Å²) in [7, 11) is 1.97. The Hall–Kier alpha value is -1.88. The monoisotopic (exact) mass is 286 g/mol. The van der Waals surface area contributed by atoms with E-state index in [1.165, 1.54) is 5.56 Å². The predicted octanol–water partition coefficient (Wildman–Crippen LogP) is 2.77. The van der Waals surface area contributed by atoms with Crippen molar-refractivity contribution in [1.82, 2.24) is 20.1 Å². The molecule has 0 fully saturated rings. The van der Waals surface area contributed by atoms with Gasteiger partial charge in [0.05, 0.1) is 6.04 Å². The topological polar surface area (TPSA) is 52.0 Å². The van der Waals surface area contributed by atoms with Crippen molar-refractivity contribution in [3.8, 4) is 5.75 Å². The van der Waals surface area contributed by atoms with Gasteiger partial charge in [0, 0.05) is 25.1 Å². The summed E-state index contributed by atoms with van der Waals surface area (Å²) >= 11 is 0. The van der Waals surface area contributed by atoms with E-state index in [2.05, 4.69) is 48.4 Å². The molecule has 0 saturated carbocycles. The number of rotatable bonds is 3. The van der Waals surface area contributed by atoms with E-state index in [9.17, 15) is 0 Å². The molecule has 1 aromatic heterocycles. The van der Waals surface area contributed by atoms with Crippen molar-refractivity contribution in [3.05, 3.63) is 42.0 Å². The summed E-state index contributed by atoms with van der Waals surface area (Å²) in [6.07, 6.45) is 2.65. The van der Waals surface area contributed by atoms with E-state index in [1.807, 2.05) is 23.7 Å². The van der Waals surface area contributed by atoms with Crippen LogP contribution >= 0.6 is 0 Å². The number of fused-ring (bicyclic) bond motifs is 1. The minimum atomic E-state index is -0.175. The minimum absolute atomic E-state index is 0.129. The molecule has 1 aliphatic rings. The molecule has 0 radical (unpaired) electrons. The van der Waals surface area contributed by atoms with Crippen molar-refractivity contribution in [2.75, 3.05) is 0 Å². The van der Waals surface area contributed by atoms with Gasteiger partial charge < -0.3 is 14.6 Å². The number of aromatic nitrogens is 3. The Morgan fingerprint density at radius 1 is 1.38 bits per heavy atom. The molecule has 1 N–H and O–H groups in total. The van der Waals surface area contributed by atoms with Crippen LogP contribution in [-0.4, -0.2) is 20.4 Å². The van der Waals surface area contributed by atoms with Crippen LogP contribution in [0.5, 0.6) is 5.75 Å². The lowest BCUT2D eigenvalue weighted by Gasteiger charge is -2.38. The minimum Gasteiger partial charge on any atom is -0.487 e. The fourth-order valence-electron chi connectivity index (χ4n) is 3.01. The first-order valence-corrected chi connectivity index (χ1v) is 7.34. The Morgan fingerprint density at radius 2 is 2.14 bits per heavy atom. The van der Waals surface area contributed by atoms with Gasteiger partial charge in [-0.1, -0.05) is 18.2 Å². The predicted molar refractivity (Wildman–Crippen MR) is 81.1 cm³/mol. The van der Waals surface area contributed by atoms with Crippen molar-refractivity contribution in [2.45, 2.75) is 44.9 Å². The van der Waals surface area contributed by atoms with Crippen LogP contribution in [0, 0.1) is 0 Å². The zero-order valence-corrected chi connectivity index (χ0v) is 13.0. The lowest BCUT2D eigenvalue weighted by atomic mass is 9.89. The normalized spacial score (nSPS) is 21.4. The second-order valence-corrected chi connectivity index (χ2v) is 6.34. The van der Waals surface area contributed by atoms with Crippen LogP contribution in [0.15, 0.2) is 30.6 Å². The smallest absolute Gasteiger partial charge is 0.149 e. The molecule has 3 rings (SSSR count).